The van der Waals surface area contributed by atoms with Gasteiger partial charge in [-0.05, 0) is 35.9 Å². The van der Waals surface area contributed by atoms with Crippen molar-refractivity contribution in [1.82, 2.24) is 9.82 Å². The molecule has 0 aliphatic heterocycles. The Kier molecular flexibility index (Phi) is 4.19. The van der Waals surface area contributed by atoms with Gasteiger partial charge in [-0.1, -0.05) is 0 Å². The van der Waals surface area contributed by atoms with Crippen molar-refractivity contribution in [2.75, 3.05) is 7.11 Å². The summed E-state index contributed by atoms with van der Waals surface area (Å²) in [6.07, 6.45) is 1.23. The van der Waals surface area contributed by atoms with Crippen LogP contribution >= 0.6 is 0 Å². The van der Waals surface area contributed by atoms with Crippen LogP contribution in [0.15, 0.2) is 55.6 Å². The summed E-state index contributed by atoms with van der Waals surface area (Å²) in [7, 11) is -2.53. The maximum absolute atomic E-state index is 12.2. The first-order chi connectivity index (χ1) is 11.9. The van der Waals surface area contributed by atoms with Crippen LogP contribution in [-0.2, 0) is 10.0 Å². The van der Waals surface area contributed by atoms with Gasteiger partial charge in [0.1, 0.15) is 0 Å². The molecule has 0 unspecified atom stereocenters. The second kappa shape index (κ2) is 6.32. The molecule has 0 aliphatic rings. The van der Waals surface area contributed by atoms with E-state index >= 15 is 0 Å². The van der Waals surface area contributed by atoms with Gasteiger partial charge in [0, 0.05) is 6.07 Å². The summed E-state index contributed by atoms with van der Waals surface area (Å²) in [5.74, 6) is -0.476. The van der Waals surface area contributed by atoms with Crippen molar-refractivity contribution < 1.29 is 22.7 Å². The quantitative estimate of drug-likeness (QED) is 0.460. The zero-order valence-electron chi connectivity index (χ0n) is 12.9. The number of aromatic amines is 1. The average Bonchev–Trinajstić information content (AvgIpc) is 2.94. The van der Waals surface area contributed by atoms with E-state index in [1.807, 2.05) is 4.83 Å². The number of benzene rings is 2. The number of ether oxygens (including phenoxy) is 1. The number of oxazole rings is 1. The third-order valence-electron chi connectivity index (χ3n) is 3.29. The van der Waals surface area contributed by atoms with Crippen molar-refractivity contribution in [3.63, 3.8) is 0 Å². The highest BCUT2D eigenvalue weighted by Crippen LogP contribution is 2.25. The maximum atomic E-state index is 12.2. The number of phenolic OH excluding ortho intramolecular Hbond substituents is 1. The molecule has 1 heterocycles. The number of aromatic nitrogens is 1. The highest BCUT2D eigenvalue weighted by Gasteiger charge is 2.15. The van der Waals surface area contributed by atoms with Crippen LogP contribution in [0.1, 0.15) is 5.56 Å². The largest absolute Gasteiger partial charge is 0.504 e. The number of hydrogen-bond donors (Lipinski definition) is 3. The van der Waals surface area contributed by atoms with E-state index in [1.54, 1.807) is 6.07 Å². The zero-order valence-corrected chi connectivity index (χ0v) is 13.7. The molecule has 0 bridgehead atoms. The number of aromatic hydroxyl groups is 1. The standard InChI is InChI=1S/C15H13N3O6S/c1-23-13-5-2-9(6-12(13)19)8-16-18-25(21,22)10-3-4-11-14(7-10)24-15(20)17-11/h2-8,18-19H,1H3,(H,17,20)/b16-8+. The molecule has 3 aromatic rings. The molecule has 0 saturated carbocycles. The zero-order chi connectivity index (χ0) is 18.0. The van der Waals surface area contributed by atoms with Gasteiger partial charge in [-0.25, -0.2) is 9.63 Å². The van der Waals surface area contributed by atoms with Gasteiger partial charge in [-0.2, -0.15) is 13.5 Å². The summed E-state index contributed by atoms with van der Waals surface area (Å²) in [6.45, 7) is 0. The average molecular weight is 363 g/mol. The fraction of sp³-hybridized carbons (Fsp3) is 0.0667. The van der Waals surface area contributed by atoms with Crippen molar-refractivity contribution in [1.29, 1.82) is 0 Å². The molecule has 0 aliphatic carbocycles. The lowest BCUT2D eigenvalue weighted by Crippen LogP contribution is -2.18. The summed E-state index contributed by atoms with van der Waals surface area (Å²) in [5, 5.41) is 13.3. The monoisotopic (exact) mass is 363 g/mol. The Morgan fingerprint density at radius 3 is 2.80 bits per heavy atom. The fourth-order valence-corrected chi connectivity index (χ4v) is 2.91. The van der Waals surface area contributed by atoms with Crippen LogP contribution in [-0.4, -0.2) is 31.8 Å². The Morgan fingerprint density at radius 2 is 2.08 bits per heavy atom. The van der Waals surface area contributed by atoms with Crippen molar-refractivity contribution in [2.24, 2.45) is 5.10 Å². The van der Waals surface area contributed by atoms with Crippen LogP contribution in [0.5, 0.6) is 11.5 Å². The molecule has 0 amide bonds. The maximum Gasteiger partial charge on any atom is 0.417 e. The Bertz CT molecular complexity index is 1110. The summed E-state index contributed by atoms with van der Waals surface area (Å²) in [4.78, 5) is 15.5. The van der Waals surface area contributed by atoms with Crippen LogP contribution in [0, 0.1) is 0 Å². The first-order valence-corrected chi connectivity index (χ1v) is 8.42. The lowest BCUT2D eigenvalue weighted by molar-refractivity contribution is 0.373. The van der Waals surface area contributed by atoms with Gasteiger partial charge in [0.05, 0.1) is 23.7 Å². The van der Waals surface area contributed by atoms with E-state index in [2.05, 4.69) is 10.1 Å². The van der Waals surface area contributed by atoms with Gasteiger partial charge < -0.3 is 14.3 Å². The van der Waals surface area contributed by atoms with E-state index < -0.39 is 15.8 Å². The minimum atomic E-state index is -3.95. The molecule has 0 spiro atoms. The van der Waals surface area contributed by atoms with Gasteiger partial charge in [0.15, 0.2) is 17.1 Å². The van der Waals surface area contributed by atoms with Crippen molar-refractivity contribution in [3.05, 3.63) is 52.5 Å². The summed E-state index contributed by atoms with van der Waals surface area (Å²) < 4.78 is 34.2. The second-order valence-corrected chi connectivity index (χ2v) is 6.62. The van der Waals surface area contributed by atoms with Gasteiger partial charge in [0.2, 0.25) is 0 Å². The molecule has 0 atom stereocenters. The molecule has 2 aromatic carbocycles. The molecule has 0 radical (unpaired) electrons. The molecule has 3 rings (SSSR count). The SMILES string of the molecule is COc1ccc(/C=N/NS(=O)(=O)c2ccc3[nH]c(=O)oc3c2)cc1O. The lowest BCUT2D eigenvalue weighted by atomic mass is 10.2. The molecular weight excluding hydrogens is 350 g/mol. The van der Waals surface area contributed by atoms with E-state index in [4.69, 9.17) is 9.15 Å². The van der Waals surface area contributed by atoms with E-state index in [1.165, 1.54) is 43.7 Å². The third kappa shape index (κ3) is 3.48. The number of hydrogen-bond acceptors (Lipinski definition) is 7. The van der Waals surface area contributed by atoms with Crippen molar-refractivity contribution in [3.8, 4) is 11.5 Å². The molecule has 25 heavy (non-hydrogen) atoms. The predicted octanol–water partition coefficient (Wildman–Crippen LogP) is 1.15. The second-order valence-electron chi connectivity index (χ2n) is 4.96. The van der Waals surface area contributed by atoms with Crippen LogP contribution in [0.2, 0.25) is 0 Å². The fourth-order valence-electron chi connectivity index (χ4n) is 2.10. The number of methoxy groups -OCH3 is 1. The minimum absolute atomic E-state index is 0.0951. The summed E-state index contributed by atoms with van der Waals surface area (Å²) in [5.41, 5.74) is 0.978. The van der Waals surface area contributed by atoms with Gasteiger partial charge >= 0.3 is 5.76 Å². The molecule has 0 saturated heterocycles. The van der Waals surface area contributed by atoms with Crippen LogP contribution < -0.4 is 15.3 Å². The minimum Gasteiger partial charge on any atom is -0.504 e. The number of nitrogens with zero attached hydrogens (tertiary/aromatic N) is 1. The summed E-state index contributed by atoms with van der Waals surface area (Å²) in [6, 6.07) is 8.43. The van der Waals surface area contributed by atoms with Gasteiger partial charge in [0.25, 0.3) is 10.0 Å². The Hall–Kier alpha value is -3.27. The Balaban J connectivity index is 1.80. The highest BCUT2D eigenvalue weighted by atomic mass is 32.2. The molecule has 0 fully saturated rings. The number of rotatable bonds is 5. The number of sulfonamides is 1. The number of fused-ring (bicyclic) bond motifs is 1. The number of H-pyrrole nitrogens is 1. The third-order valence-corrected chi connectivity index (χ3v) is 4.51. The Labute approximate surface area is 141 Å². The topological polar surface area (TPSA) is 134 Å². The van der Waals surface area contributed by atoms with E-state index in [0.29, 0.717) is 16.8 Å². The molecule has 3 N–H and O–H groups in total. The lowest BCUT2D eigenvalue weighted by Gasteiger charge is -2.04. The highest BCUT2D eigenvalue weighted by molar-refractivity contribution is 7.89. The van der Waals surface area contributed by atoms with E-state index in [0.717, 1.165) is 0 Å². The van der Waals surface area contributed by atoms with Crippen LogP contribution in [0.3, 0.4) is 0 Å². The van der Waals surface area contributed by atoms with E-state index in [9.17, 15) is 18.3 Å². The number of nitrogens with one attached hydrogen (secondary N) is 2. The molecule has 1 aromatic heterocycles. The molecule has 9 nitrogen and oxygen atoms in total. The first kappa shape index (κ1) is 16.6. The smallest absolute Gasteiger partial charge is 0.417 e. The predicted molar refractivity (Wildman–Crippen MR) is 89.4 cm³/mol. The first-order valence-electron chi connectivity index (χ1n) is 6.94. The number of phenols is 1. The summed E-state index contributed by atoms with van der Waals surface area (Å²) >= 11 is 0. The van der Waals surface area contributed by atoms with Crippen LogP contribution in [0.25, 0.3) is 11.1 Å². The normalized spacial score (nSPS) is 11.9. The molecule has 10 heteroatoms. The van der Waals surface area contributed by atoms with Crippen molar-refractivity contribution in [2.45, 2.75) is 4.90 Å². The molecule has 130 valence electrons. The van der Waals surface area contributed by atoms with Gasteiger partial charge in [-0.15, -0.1) is 0 Å². The number of hydrazone groups is 1. The van der Waals surface area contributed by atoms with Gasteiger partial charge in [-0.3, -0.25) is 4.98 Å². The Morgan fingerprint density at radius 1 is 1.28 bits per heavy atom. The van der Waals surface area contributed by atoms with Crippen molar-refractivity contribution >= 4 is 27.3 Å². The molecular formula is C15H13N3O6S. The van der Waals surface area contributed by atoms with Crippen LogP contribution in [0.4, 0.5) is 0 Å². The van der Waals surface area contributed by atoms with E-state index in [-0.39, 0.29) is 16.2 Å².